The second-order valence-corrected chi connectivity index (χ2v) is 4.64. The summed E-state index contributed by atoms with van der Waals surface area (Å²) in [6.07, 6.45) is 0. The highest BCUT2D eigenvalue weighted by molar-refractivity contribution is 5.89. The molecule has 1 amide bonds. The summed E-state index contributed by atoms with van der Waals surface area (Å²) in [5.74, 6) is -0.0505. The molecule has 5 nitrogen and oxygen atoms in total. The van der Waals surface area contributed by atoms with Crippen LogP contribution in [-0.4, -0.2) is 50.2 Å². The Kier molecular flexibility index (Phi) is 5.18. The van der Waals surface area contributed by atoms with Crippen LogP contribution in [0, 0.1) is 0 Å². The van der Waals surface area contributed by atoms with Crippen LogP contribution in [0.1, 0.15) is 6.92 Å². The maximum absolute atomic E-state index is 11.0. The van der Waals surface area contributed by atoms with E-state index in [0.29, 0.717) is 0 Å². The third kappa shape index (κ3) is 4.89. The minimum Gasteiger partial charge on any atom is -0.384 e. The van der Waals surface area contributed by atoms with Crippen LogP contribution in [0.4, 0.5) is 11.4 Å². The lowest BCUT2D eigenvalue weighted by Crippen LogP contribution is -2.39. The molecule has 1 aliphatic rings. The number of amides is 1. The fourth-order valence-corrected chi connectivity index (χ4v) is 2.09. The van der Waals surface area contributed by atoms with Gasteiger partial charge < -0.3 is 15.4 Å². The molecule has 0 spiro atoms. The summed E-state index contributed by atoms with van der Waals surface area (Å²) in [5, 5.41) is 6.15. The van der Waals surface area contributed by atoms with Crippen molar-refractivity contribution in [2.75, 3.05) is 50.0 Å². The van der Waals surface area contributed by atoms with Crippen molar-refractivity contribution in [1.29, 1.82) is 0 Å². The van der Waals surface area contributed by atoms with E-state index in [1.165, 1.54) is 6.92 Å². The molecule has 0 saturated carbocycles. The Labute approximate surface area is 113 Å². The number of nitrogens with zero attached hydrogens (tertiary/aromatic N) is 1. The summed E-state index contributed by atoms with van der Waals surface area (Å²) < 4.78 is 5.31. The van der Waals surface area contributed by atoms with Crippen LogP contribution < -0.4 is 10.6 Å². The van der Waals surface area contributed by atoms with Crippen molar-refractivity contribution in [2.24, 2.45) is 0 Å². The zero-order valence-corrected chi connectivity index (χ0v) is 11.3. The summed E-state index contributed by atoms with van der Waals surface area (Å²) in [7, 11) is 0. The Morgan fingerprint density at radius 3 is 2.79 bits per heavy atom. The van der Waals surface area contributed by atoms with Gasteiger partial charge in [0, 0.05) is 44.5 Å². The predicted octanol–water partition coefficient (Wildman–Crippen LogP) is 1.39. The van der Waals surface area contributed by atoms with E-state index in [9.17, 15) is 4.79 Å². The van der Waals surface area contributed by atoms with Crippen molar-refractivity contribution in [2.45, 2.75) is 6.92 Å². The Balaban J connectivity index is 1.77. The number of nitrogens with one attached hydrogen (secondary N) is 2. The van der Waals surface area contributed by atoms with Crippen molar-refractivity contribution in [1.82, 2.24) is 4.90 Å². The summed E-state index contributed by atoms with van der Waals surface area (Å²) in [4.78, 5) is 13.4. The lowest BCUT2D eigenvalue weighted by Gasteiger charge is -2.26. The standard InChI is InChI=1S/C14H21N3O2/c1-12(18)16-14-4-2-3-13(11-14)15-5-6-17-7-9-19-10-8-17/h2-4,11,15H,5-10H2,1H3,(H,16,18). The van der Waals surface area contributed by atoms with Gasteiger partial charge in [-0.1, -0.05) is 6.07 Å². The number of carbonyl (C=O) groups is 1. The van der Waals surface area contributed by atoms with E-state index in [-0.39, 0.29) is 5.91 Å². The summed E-state index contributed by atoms with van der Waals surface area (Å²) in [6.45, 7) is 7.09. The number of rotatable bonds is 5. The monoisotopic (exact) mass is 263 g/mol. The van der Waals surface area contributed by atoms with Crippen LogP contribution in [0.25, 0.3) is 0 Å². The second kappa shape index (κ2) is 7.11. The average molecular weight is 263 g/mol. The van der Waals surface area contributed by atoms with E-state index in [4.69, 9.17) is 4.74 Å². The maximum Gasteiger partial charge on any atom is 0.221 e. The van der Waals surface area contributed by atoms with Gasteiger partial charge in [-0.05, 0) is 18.2 Å². The molecule has 0 radical (unpaired) electrons. The van der Waals surface area contributed by atoms with Gasteiger partial charge in [0.05, 0.1) is 13.2 Å². The number of anilines is 2. The molecule has 0 atom stereocenters. The number of carbonyl (C=O) groups excluding carboxylic acids is 1. The van der Waals surface area contributed by atoms with Gasteiger partial charge in [-0.25, -0.2) is 0 Å². The summed E-state index contributed by atoms with van der Waals surface area (Å²) >= 11 is 0. The molecule has 0 aliphatic carbocycles. The molecule has 1 saturated heterocycles. The normalized spacial score (nSPS) is 16.1. The largest absolute Gasteiger partial charge is 0.384 e. The molecule has 19 heavy (non-hydrogen) atoms. The molecule has 2 N–H and O–H groups in total. The molecule has 1 fully saturated rings. The maximum atomic E-state index is 11.0. The smallest absolute Gasteiger partial charge is 0.221 e. The summed E-state index contributed by atoms with van der Waals surface area (Å²) in [6, 6.07) is 7.77. The molecule has 1 heterocycles. The quantitative estimate of drug-likeness (QED) is 0.843. The van der Waals surface area contributed by atoms with Crippen molar-refractivity contribution >= 4 is 17.3 Å². The van der Waals surface area contributed by atoms with E-state index in [1.807, 2.05) is 24.3 Å². The van der Waals surface area contributed by atoms with Crippen molar-refractivity contribution in [3.8, 4) is 0 Å². The molecule has 0 bridgehead atoms. The zero-order valence-electron chi connectivity index (χ0n) is 11.3. The Bertz CT molecular complexity index is 417. The van der Waals surface area contributed by atoms with E-state index in [2.05, 4.69) is 15.5 Å². The van der Waals surface area contributed by atoms with Gasteiger partial charge in [-0.15, -0.1) is 0 Å². The van der Waals surface area contributed by atoms with Gasteiger partial charge in [0.15, 0.2) is 0 Å². The van der Waals surface area contributed by atoms with E-state index in [0.717, 1.165) is 50.8 Å². The van der Waals surface area contributed by atoms with Crippen LogP contribution >= 0.6 is 0 Å². The topological polar surface area (TPSA) is 53.6 Å². The summed E-state index contributed by atoms with van der Waals surface area (Å²) in [5.41, 5.74) is 1.85. The number of ether oxygens (including phenoxy) is 1. The third-order valence-electron chi connectivity index (χ3n) is 3.04. The second-order valence-electron chi connectivity index (χ2n) is 4.64. The highest BCUT2D eigenvalue weighted by Gasteiger charge is 2.09. The zero-order chi connectivity index (χ0) is 13.5. The fourth-order valence-electron chi connectivity index (χ4n) is 2.09. The minimum atomic E-state index is -0.0505. The van der Waals surface area contributed by atoms with E-state index in [1.54, 1.807) is 0 Å². The molecule has 1 aromatic rings. The SMILES string of the molecule is CC(=O)Nc1cccc(NCCN2CCOCC2)c1. The molecule has 104 valence electrons. The van der Waals surface area contributed by atoms with Crippen LogP contribution in [0.5, 0.6) is 0 Å². The lowest BCUT2D eigenvalue weighted by atomic mass is 10.2. The van der Waals surface area contributed by atoms with Crippen LogP contribution in [0.15, 0.2) is 24.3 Å². The van der Waals surface area contributed by atoms with Crippen LogP contribution in [0.2, 0.25) is 0 Å². The molecule has 5 heteroatoms. The highest BCUT2D eigenvalue weighted by Crippen LogP contribution is 2.14. The number of hydrogen-bond acceptors (Lipinski definition) is 4. The third-order valence-corrected chi connectivity index (χ3v) is 3.04. The molecular formula is C14H21N3O2. The lowest BCUT2D eigenvalue weighted by molar-refractivity contribution is -0.114. The number of benzene rings is 1. The molecule has 1 aromatic carbocycles. The van der Waals surface area contributed by atoms with Gasteiger partial charge in [0.1, 0.15) is 0 Å². The first-order valence-electron chi connectivity index (χ1n) is 6.66. The van der Waals surface area contributed by atoms with Crippen molar-refractivity contribution in [3.63, 3.8) is 0 Å². The molecular weight excluding hydrogens is 242 g/mol. The fraction of sp³-hybridized carbons (Fsp3) is 0.500. The number of morpholine rings is 1. The Morgan fingerprint density at radius 1 is 1.32 bits per heavy atom. The first kappa shape index (κ1) is 13.8. The predicted molar refractivity (Wildman–Crippen MR) is 76.5 cm³/mol. The van der Waals surface area contributed by atoms with Crippen molar-refractivity contribution < 1.29 is 9.53 Å². The van der Waals surface area contributed by atoms with Gasteiger partial charge in [-0.2, -0.15) is 0 Å². The minimum absolute atomic E-state index is 0.0505. The van der Waals surface area contributed by atoms with Gasteiger partial charge >= 0.3 is 0 Å². The van der Waals surface area contributed by atoms with Crippen LogP contribution in [0.3, 0.4) is 0 Å². The number of hydrogen-bond donors (Lipinski definition) is 2. The highest BCUT2D eigenvalue weighted by atomic mass is 16.5. The van der Waals surface area contributed by atoms with Gasteiger partial charge in [0.2, 0.25) is 5.91 Å². The van der Waals surface area contributed by atoms with E-state index >= 15 is 0 Å². The first-order chi connectivity index (χ1) is 9.24. The molecule has 0 unspecified atom stereocenters. The van der Waals surface area contributed by atoms with Crippen molar-refractivity contribution in [3.05, 3.63) is 24.3 Å². The van der Waals surface area contributed by atoms with Gasteiger partial charge in [0.25, 0.3) is 0 Å². The van der Waals surface area contributed by atoms with Crippen LogP contribution in [-0.2, 0) is 9.53 Å². The Morgan fingerprint density at radius 2 is 2.05 bits per heavy atom. The van der Waals surface area contributed by atoms with Gasteiger partial charge in [-0.3, -0.25) is 9.69 Å². The first-order valence-corrected chi connectivity index (χ1v) is 6.66. The molecule has 2 rings (SSSR count). The molecule has 0 aromatic heterocycles. The van der Waals surface area contributed by atoms with E-state index < -0.39 is 0 Å². The average Bonchev–Trinajstić information content (AvgIpc) is 2.40. The molecule has 1 aliphatic heterocycles. The Hall–Kier alpha value is -1.59.